The molecule has 0 N–H and O–H groups in total. The number of aromatic nitrogens is 3. The highest BCUT2D eigenvalue weighted by molar-refractivity contribution is 6.17. The van der Waals surface area contributed by atoms with Crippen molar-refractivity contribution in [1.82, 2.24) is 14.1 Å². The molecule has 0 aliphatic heterocycles. The zero-order chi connectivity index (χ0) is 29.0. The van der Waals surface area contributed by atoms with E-state index < -0.39 is 0 Å². The van der Waals surface area contributed by atoms with Gasteiger partial charge < -0.3 is 9.13 Å². The summed E-state index contributed by atoms with van der Waals surface area (Å²) in [5.41, 5.74) is 12.8. The molecule has 0 unspecified atom stereocenters. The van der Waals surface area contributed by atoms with Crippen molar-refractivity contribution in [2.24, 2.45) is 0 Å². The maximum Gasteiger partial charge on any atom is 0.0963 e. The van der Waals surface area contributed by atoms with Crippen LogP contribution < -0.4 is 0 Å². The monoisotopic (exact) mass is 561 g/mol. The van der Waals surface area contributed by atoms with Crippen molar-refractivity contribution in [2.45, 2.75) is 0 Å². The maximum absolute atomic E-state index is 4.90. The second-order valence-corrected chi connectivity index (χ2v) is 11.2. The average molecular weight is 562 g/mol. The molecule has 3 aromatic heterocycles. The van der Waals surface area contributed by atoms with Gasteiger partial charge in [0.05, 0.1) is 27.6 Å². The Morgan fingerprint density at radius 1 is 0.386 bits per heavy atom. The fourth-order valence-electron chi connectivity index (χ4n) is 6.85. The quantitative estimate of drug-likeness (QED) is 0.210. The number of rotatable bonds is 4. The molecule has 3 nitrogen and oxygen atoms in total. The predicted octanol–water partition coefficient (Wildman–Crippen LogP) is 10.6. The van der Waals surface area contributed by atoms with Gasteiger partial charge in [-0.1, -0.05) is 97.1 Å². The van der Waals surface area contributed by atoms with Gasteiger partial charge in [-0.2, -0.15) is 0 Å². The lowest BCUT2D eigenvalue weighted by atomic mass is 9.98. The van der Waals surface area contributed by atoms with Crippen molar-refractivity contribution < 1.29 is 0 Å². The van der Waals surface area contributed by atoms with E-state index in [0.717, 1.165) is 33.3 Å². The van der Waals surface area contributed by atoms with E-state index in [0.29, 0.717) is 0 Å². The maximum atomic E-state index is 4.90. The Bertz CT molecular complexity index is 2480. The fourth-order valence-corrected chi connectivity index (χ4v) is 6.85. The van der Waals surface area contributed by atoms with Gasteiger partial charge in [0.25, 0.3) is 0 Å². The summed E-state index contributed by atoms with van der Waals surface area (Å²) >= 11 is 0. The minimum Gasteiger partial charge on any atom is -0.309 e. The molecule has 44 heavy (non-hydrogen) atoms. The summed E-state index contributed by atoms with van der Waals surface area (Å²) < 4.78 is 4.72. The SMILES string of the molecule is c1ccc(-c2cccc(-n3c4ccc(-c5cccc6c5c5ccccc5n6-c5ccccc5)cc4c4ncccc43)c2)cc1. The molecule has 6 aromatic carbocycles. The lowest BCUT2D eigenvalue weighted by Gasteiger charge is -2.11. The molecule has 0 aliphatic carbocycles. The van der Waals surface area contributed by atoms with Crippen molar-refractivity contribution in [3.63, 3.8) is 0 Å². The van der Waals surface area contributed by atoms with Crippen LogP contribution >= 0.6 is 0 Å². The van der Waals surface area contributed by atoms with E-state index >= 15 is 0 Å². The Hall–Kier alpha value is -5.93. The molecule has 0 spiro atoms. The van der Waals surface area contributed by atoms with Crippen LogP contribution in [0.3, 0.4) is 0 Å². The van der Waals surface area contributed by atoms with Gasteiger partial charge >= 0.3 is 0 Å². The van der Waals surface area contributed by atoms with Gasteiger partial charge in [0.2, 0.25) is 0 Å². The lowest BCUT2D eigenvalue weighted by Crippen LogP contribution is -1.94. The van der Waals surface area contributed by atoms with Gasteiger partial charge in [-0.15, -0.1) is 0 Å². The minimum atomic E-state index is 1.01. The first-order valence-electron chi connectivity index (χ1n) is 15.0. The second kappa shape index (κ2) is 9.82. The lowest BCUT2D eigenvalue weighted by molar-refractivity contribution is 1.18. The molecule has 3 heterocycles. The molecule has 9 aromatic rings. The molecule has 0 amide bonds. The largest absolute Gasteiger partial charge is 0.309 e. The van der Waals surface area contributed by atoms with Gasteiger partial charge in [0, 0.05) is 33.7 Å². The number of hydrogen-bond donors (Lipinski definition) is 0. The third kappa shape index (κ3) is 3.73. The number of benzene rings is 6. The van der Waals surface area contributed by atoms with E-state index in [1.807, 2.05) is 12.3 Å². The number of fused-ring (bicyclic) bond motifs is 6. The van der Waals surface area contributed by atoms with E-state index in [9.17, 15) is 0 Å². The normalized spacial score (nSPS) is 11.6. The molecule has 0 bridgehead atoms. The zero-order valence-electron chi connectivity index (χ0n) is 23.9. The van der Waals surface area contributed by atoms with Crippen LogP contribution in [0.2, 0.25) is 0 Å². The summed E-state index contributed by atoms with van der Waals surface area (Å²) in [6.07, 6.45) is 1.90. The van der Waals surface area contributed by atoms with Crippen LogP contribution in [0, 0.1) is 0 Å². The summed E-state index contributed by atoms with van der Waals surface area (Å²) in [4.78, 5) is 4.90. The Balaban J connectivity index is 1.29. The Morgan fingerprint density at radius 3 is 1.93 bits per heavy atom. The first kappa shape index (κ1) is 24.6. The molecule has 0 fully saturated rings. The van der Waals surface area contributed by atoms with Crippen molar-refractivity contribution in [3.05, 3.63) is 164 Å². The summed E-state index contributed by atoms with van der Waals surface area (Å²) in [7, 11) is 0. The van der Waals surface area contributed by atoms with Gasteiger partial charge in [-0.3, -0.25) is 4.98 Å². The molecular weight excluding hydrogens is 534 g/mol. The topological polar surface area (TPSA) is 22.8 Å². The molecule has 9 rings (SSSR count). The second-order valence-electron chi connectivity index (χ2n) is 11.2. The van der Waals surface area contributed by atoms with Crippen LogP contribution in [0.1, 0.15) is 0 Å². The van der Waals surface area contributed by atoms with Gasteiger partial charge in [0.1, 0.15) is 0 Å². The highest BCUT2D eigenvalue weighted by atomic mass is 15.0. The van der Waals surface area contributed by atoms with E-state index in [4.69, 9.17) is 4.98 Å². The molecule has 3 heteroatoms. The standard InChI is InChI=1S/C41H27N3/c1-3-12-28(13-4-1)29-14-9-17-32(26-29)44-37-24-23-30(27-35(37)41-39(44)22-11-25-42-41)33-19-10-21-38-40(33)34-18-7-8-20-36(34)43(38)31-15-5-2-6-16-31/h1-27H. The first-order chi connectivity index (χ1) is 21.8. The molecule has 0 aliphatic rings. The highest BCUT2D eigenvalue weighted by Crippen LogP contribution is 2.40. The van der Waals surface area contributed by atoms with E-state index in [1.165, 1.54) is 44.1 Å². The van der Waals surface area contributed by atoms with Crippen molar-refractivity contribution in [3.8, 4) is 33.6 Å². The number of hydrogen-bond acceptors (Lipinski definition) is 1. The summed E-state index contributed by atoms with van der Waals surface area (Å²) in [6.45, 7) is 0. The highest BCUT2D eigenvalue weighted by Gasteiger charge is 2.18. The molecule has 0 saturated heterocycles. The summed E-state index contributed by atoms with van der Waals surface area (Å²) in [5, 5.41) is 3.66. The number of pyridine rings is 1. The smallest absolute Gasteiger partial charge is 0.0963 e. The van der Waals surface area contributed by atoms with Crippen LogP contribution in [-0.4, -0.2) is 14.1 Å². The Kier molecular flexibility index (Phi) is 5.50. The molecule has 206 valence electrons. The van der Waals surface area contributed by atoms with Gasteiger partial charge in [0.15, 0.2) is 0 Å². The third-order valence-electron chi connectivity index (χ3n) is 8.75. The first-order valence-corrected chi connectivity index (χ1v) is 15.0. The van der Waals surface area contributed by atoms with Crippen LogP contribution in [0.5, 0.6) is 0 Å². The van der Waals surface area contributed by atoms with E-state index in [-0.39, 0.29) is 0 Å². The van der Waals surface area contributed by atoms with Gasteiger partial charge in [-0.05, 0) is 82.9 Å². The van der Waals surface area contributed by atoms with Gasteiger partial charge in [-0.25, -0.2) is 0 Å². The Labute approximate surface area is 254 Å². The zero-order valence-corrected chi connectivity index (χ0v) is 23.9. The number of para-hydroxylation sites is 2. The predicted molar refractivity (Wildman–Crippen MR) is 184 cm³/mol. The van der Waals surface area contributed by atoms with Crippen LogP contribution in [-0.2, 0) is 0 Å². The van der Waals surface area contributed by atoms with Crippen molar-refractivity contribution >= 4 is 43.7 Å². The van der Waals surface area contributed by atoms with Crippen molar-refractivity contribution in [2.75, 3.05) is 0 Å². The van der Waals surface area contributed by atoms with Crippen molar-refractivity contribution in [1.29, 1.82) is 0 Å². The molecular formula is C41H27N3. The minimum absolute atomic E-state index is 1.01. The molecule has 0 radical (unpaired) electrons. The number of nitrogens with zero attached hydrogens (tertiary/aromatic N) is 3. The Morgan fingerprint density at radius 2 is 1.05 bits per heavy atom. The van der Waals surface area contributed by atoms with E-state index in [2.05, 4.69) is 161 Å². The fraction of sp³-hybridized carbons (Fsp3) is 0. The molecule has 0 saturated carbocycles. The van der Waals surface area contributed by atoms with Crippen LogP contribution in [0.25, 0.3) is 77.4 Å². The van der Waals surface area contributed by atoms with Crippen LogP contribution in [0.4, 0.5) is 0 Å². The van der Waals surface area contributed by atoms with Crippen LogP contribution in [0.15, 0.2) is 164 Å². The summed E-state index contributed by atoms with van der Waals surface area (Å²) in [6, 6.07) is 56.4. The van der Waals surface area contributed by atoms with E-state index in [1.54, 1.807) is 0 Å². The molecule has 0 atom stereocenters. The third-order valence-corrected chi connectivity index (χ3v) is 8.75. The summed E-state index contributed by atoms with van der Waals surface area (Å²) in [5.74, 6) is 0. The average Bonchev–Trinajstić information content (AvgIpc) is 3.62.